The van der Waals surface area contributed by atoms with Gasteiger partial charge < -0.3 is 9.64 Å². The first-order valence-electron chi connectivity index (χ1n) is 10.2. The monoisotopic (exact) mass is 445 g/mol. The number of tetrazole rings is 2. The molecule has 4 rings (SSSR count). The summed E-state index contributed by atoms with van der Waals surface area (Å²) in [4.78, 5) is 15.3. The number of hydrogen-bond donors (Lipinski definition) is 0. The zero-order valence-electron chi connectivity index (χ0n) is 18.3. The predicted molar refractivity (Wildman–Crippen MR) is 119 cm³/mol. The van der Waals surface area contributed by atoms with Crippen LogP contribution in [-0.4, -0.2) is 71.9 Å². The topological polar surface area (TPSA) is 117 Å². The van der Waals surface area contributed by atoms with Gasteiger partial charge in [-0.25, -0.2) is 4.68 Å². The van der Waals surface area contributed by atoms with Gasteiger partial charge in [0.1, 0.15) is 18.3 Å². The fourth-order valence-corrected chi connectivity index (χ4v) is 3.69. The standard InChI is InChI=1S/C22H23N9O2/c1-4-8-17(16-9-6-5-7-10-16)13-29(2)22(32)19-11-18(30-14-23-25-27-30)12-20(21(19)33-3)31-15-24-26-28-31/h4-7,9-12,14-15,17H,1,8,13H2,2-3H3/t17-/m1/s1. The van der Waals surface area contributed by atoms with Crippen LogP contribution in [0.5, 0.6) is 5.75 Å². The van der Waals surface area contributed by atoms with Gasteiger partial charge in [0.15, 0.2) is 5.75 Å². The summed E-state index contributed by atoms with van der Waals surface area (Å²) >= 11 is 0. The smallest absolute Gasteiger partial charge is 0.257 e. The Labute approximate surface area is 190 Å². The van der Waals surface area contributed by atoms with Crippen molar-refractivity contribution in [1.29, 1.82) is 0 Å². The molecule has 0 unspecified atom stereocenters. The number of methoxy groups -OCH3 is 1. The second kappa shape index (κ2) is 9.81. The minimum absolute atomic E-state index is 0.102. The maximum atomic E-state index is 13.6. The molecule has 0 bridgehead atoms. The summed E-state index contributed by atoms with van der Waals surface area (Å²) in [6.07, 6.45) is 5.47. The van der Waals surface area contributed by atoms with Crippen LogP contribution in [0.4, 0.5) is 0 Å². The van der Waals surface area contributed by atoms with Crippen molar-refractivity contribution in [2.75, 3.05) is 20.7 Å². The van der Waals surface area contributed by atoms with E-state index in [2.05, 4.69) is 49.8 Å². The van der Waals surface area contributed by atoms with Crippen LogP contribution in [0, 0.1) is 0 Å². The van der Waals surface area contributed by atoms with Gasteiger partial charge in [-0.2, -0.15) is 4.68 Å². The van der Waals surface area contributed by atoms with E-state index in [9.17, 15) is 4.79 Å². The fraction of sp³-hybridized carbons (Fsp3) is 0.227. The maximum Gasteiger partial charge on any atom is 0.257 e. The van der Waals surface area contributed by atoms with E-state index in [1.54, 1.807) is 24.1 Å². The summed E-state index contributed by atoms with van der Waals surface area (Å²) < 4.78 is 8.52. The van der Waals surface area contributed by atoms with Crippen molar-refractivity contribution in [3.05, 3.63) is 78.9 Å². The molecule has 11 nitrogen and oxygen atoms in total. The van der Waals surface area contributed by atoms with Crippen LogP contribution in [-0.2, 0) is 0 Å². The molecule has 2 aromatic carbocycles. The Morgan fingerprint density at radius 2 is 1.82 bits per heavy atom. The van der Waals surface area contributed by atoms with Gasteiger partial charge in [-0.15, -0.1) is 16.8 Å². The molecule has 1 atom stereocenters. The Morgan fingerprint density at radius 3 is 2.42 bits per heavy atom. The molecule has 1 amide bonds. The van der Waals surface area contributed by atoms with Crippen molar-refractivity contribution in [3.8, 4) is 17.1 Å². The molecular formula is C22H23N9O2. The number of allylic oxidation sites excluding steroid dienone is 1. The quantitative estimate of drug-likeness (QED) is 0.360. The average molecular weight is 445 g/mol. The lowest BCUT2D eigenvalue weighted by Gasteiger charge is -2.25. The zero-order valence-corrected chi connectivity index (χ0v) is 18.3. The molecule has 0 N–H and O–H groups in total. The Balaban J connectivity index is 1.73. The van der Waals surface area contributed by atoms with E-state index < -0.39 is 0 Å². The second-order valence-electron chi connectivity index (χ2n) is 7.37. The highest BCUT2D eigenvalue weighted by atomic mass is 16.5. The van der Waals surface area contributed by atoms with Gasteiger partial charge in [0.25, 0.3) is 5.91 Å². The highest BCUT2D eigenvalue weighted by molar-refractivity contribution is 5.98. The molecule has 0 radical (unpaired) electrons. The highest BCUT2D eigenvalue weighted by Crippen LogP contribution is 2.31. The van der Waals surface area contributed by atoms with Gasteiger partial charge in [-0.05, 0) is 45.0 Å². The Hall–Kier alpha value is -4.41. The molecule has 2 aromatic heterocycles. The number of likely N-dealkylation sites (N-methyl/N-ethyl adjacent to an activating group) is 1. The molecule has 0 fully saturated rings. The average Bonchev–Trinajstić information content (AvgIpc) is 3.58. The molecular weight excluding hydrogens is 422 g/mol. The van der Waals surface area contributed by atoms with Crippen molar-refractivity contribution >= 4 is 5.91 Å². The van der Waals surface area contributed by atoms with Gasteiger partial charge in [0, 0.05) is 19.5 Å². The second-order valence-corrected chi connectivity index (χ2v) is 7.37. The van der Waals surface area contributed by atoms with Crippen LogP contribution in [0.2, 0.25) is 0 Å². The van der Waals surface area contributed by atoms with E-state index in [-0.39, 0.29) is 11.8 Å². The van der Waals surface area contributed by atoms with Gasteiger partial charge in [-0.1, -0.05) is 36.4 Å². The molecule has 0 aliphatic rings. The molecule has 0 aliphatic carbocycles. The van der Waals surface area contributed by atoms with E-state index in [4.69, 9.17) is 4.74 Å². The molecule has 0 saturated heterocycles. The molecule has 11 heteroatoms. The van der Waals surface area contributed by atoms with Gasteiger partial charge in [-0.3, -0.25) is 4.79 Å². The van der Waals surface area contributed by atoms with Crippen molar-refractivity contribution in [1.82, 2.24) is 45.3 Å². The molecule has 4 aromatic rings. The first kappa shape index (κ1) is 21.8. The summed E-state index contributed by atoms with van der Waals surface area (Å²) in [5, 5.41) is 22.7. The Kier molecular flexibility index (Phi) is 6.48. The maximum absolute atomic E-state index is 13.6. The highest BCUT2D eigenvalue weighted by Gasteiger charge is 2.25. The first-order valence-corrected chi connectivity index (χ1v) is 10.2. The lowest BCUT2D eigenvalue weighted by molar-refractivity contribution is 0.0783. The Bertz CT molecular complexity index is 1210. The number of nitrogens with zero attached hydrogens (tertiary/aromatic N) is 9. The van der Waals surface area contributed by atoms with Crippen LogP contribution in [0.25, 0.3) is 11.4 Å². The van der Waals surface area contributed by atoms with E-state index in [1.165, 1.54) is 29.1 Å². The van der Waals surface area contributed by atoms with Crippen molar-refractivity contribution in [2.45, 2.75) is 12.3 Å². The summed E-state index contributed by atoms with van der Waals surface area (Å²) in [6, 6.07) is 13.5. The van der Waals surface area contributed by atoms with E-state index in [0.717, 1.165) is 12.0 Å². The van der Waals surface area contributed by atoms with Crippen LogP contribution in [0.3, 0.4) is 0 Å². The predicted octanol–water partition coefficient (Wildman–Crippen LogP) is 2.08. The number of ether oxygens (including phenoxy) is 1. The summed E-state index contributed by atoms with van der Waals surface area (Å²) in [5.74, 6) is 0.224. The van der Waals surface area contributed by atoms with E-state index >= 15 is 0 Å². The number of rotatable bonds is 9. The molecule has 33 heavy (non-hydrogen) atoms. The SMILES string of the molecule is C=CC[C@H](CN(C)C(=O)c1cc(-n2cnnn2)cc(-n2cnnn2)c1OC)c1ccccc1. The third kappa shape index (κ3) is 4.61. The largest absolute Gasteiger partial charge is 0.494 e. The van der Waals surface area contributed by atoms with E-state index in [0.29, 0.717) is 29.2 Å². The van der Waals surface area contributed by atoms with Crippen molar-refractivity contribution in [2.24, 2.45) is 0 Å². The third-order valence-electron chi connectivity index (χ3n) is 5.26. The summed E-state index contributed by atoms with van der Waals surface area (Å²) in [6.45, 7) is 4.37. The van der Waals surface area contributed by atoms with E-state index in [1.807, 2.05) is 24.3 Å². The lowest BCUT2D eigenvalue weighted by Crippen LogP contribution is -2.31. The normalized spacial score (nSPS) is 11.7. The molecule has 0 aliphatic heterocycles. The first-order chi connectivity index (χ1) is 16.1. The summed E-state index contributed by atoms with van der Waals surface area (Å²) in [7, 11) is 3.27. The zero-order chi connectivity index (χ0) is 23.2. The van der Waals surface area contributed by atoms with Crippen molar-refractivity contribution in [3.63, 3.8) is 0 Å². The molecule has 0 saturated carbocycles. The number of hydrogen-bond acceptors (Lipinski definition) is 8. The third-order valence-corrected chi connectivity index (χ3v) is 5.26. The minimum Gasteiger partial charge on any atom is -0.494 e. The number of aromatic nitrogens is 8. The fourth-order valence-electron chi connectivity index (χ4n) is 3.69. The number of amides is 1. The molecule has 2 heterocycles. The van der Waals surface area contributed by atoms with Crippen LogP contribution in [0.15, 0.2) is 67.8 Å². The number of carbonyl (C=O) groups excluding carboxylic acids is 1. The minimum atomic E-state index is -0.221. The number of benzene rings is 2. The molecule has 0 spiro atoms. The molecule has 168 valence electrons. The van der Waals surface area contributed by atoms with Crippen molar-refractivity contribution < 1.29 is 9.53 Å². The Morgan fingerprint density at radius 1 is 1.12 bits per heavy atom. The van der Waals surface area contributed by atoms with Gasteiger partial charge >= 0.3 is 0 Å². The van der Waals surface area contributed by atoms with Gasteiger partial charge in [0.05, 0.1) is 18.4 Å². The van der Waals surface area contributed by atoms with Crippen LogP contribution in [0.1, 0.15) is 28.3 Å². The van der Waals surface area contributed by atoms with Crippen LogP contribution < -0.4 is 4.74 Å². The summed E-state index contributed by atoms with van der Waals surface area (Å²) in [5.41, 5.74) is 2.52. The lowest BCUT2D eigenvalue weighted by atomic mass is 9.95. The van der Waals surface area contributed by atoms with Gasteiger partial charge in [0.2, 0.25) is 0 Å². The van der Waals surface area contributed by atoms with Crippen LogP contribution >= 0.6 is 0 Å². The number of carbonyl (C=O) groups is 1.